The number of phenolic OH excluding ortho intramolecular Hbond substituents is 1. The van der Waals surface area contributed by atoms with E-state index in [1.165, 1.54) is 0 Å². The zero-order valence-electron chi connectivity index (χ0n) is 14.7. The van der Waals surface area contributed by atoms with Crippen LogP contribution in [-0.2, 0) is 0 Å². The molecule has 0 fully saturated rings. The fourth-order valence-corrected chi connectivity index (χ4v) is 2.47. The van der Waals surface area contributed by atoms with Crippen LogP contribution in [0.3, 0.4) is 0 Å². The van der Waals surface area contributed by atoms with Crippen molar-refractivity contribution in [3.8, 4) is 5.75 Å². The van der Waals surface area contributed by atoms with Crippen LogP contribution in [0.15, 0.2) is 54.7 Å². The van der Waals surface area contributed by atoms with Crippen LogP contribution < -0.4 is 10.6 Å². The number of carbonyl (C=O) groups excluding carboxylic acids is 1. The van der Waals surface area contributed by atoms with Gasteiger partial charge in [0.05, 0.1) is 0 Å². The number of aromatic hydroxyl groups is 1. The van der Waals surface area contributed by atoms with E-state index in [0.29, 0.717) is 23.8 Å². The lowest BCUT2D eigenvalue weighted by Crippen LogP contribution is -2.02. The maximum Gasteiger partial charge on any atom is 0.229 e. The molecule has 0 unspecified atom stereocenters. The van der Waals surface area contributed by atoms with Gasteiger partial charge in [-0.1, -0.05) is 25.1 Å². The van der Waals surface area contributed by atoms with Crippen LogP contribution in [0.5, 0.6) is 5.75 Å². The number of carbonyl (C=O) groups is 1. The third-order valence-corrected chi connectivity index (χ3v) is 3.90. The minimum absolute atomic E-state index is 0.0874. The number of hydrogen-bond acceptors (Lipinski definition) is 6. The zero-order valence-corrected chi connectivity index (χ0v) is 14.7. The highest BCUT2D eigenvalue weighted by molar-refractivity contribution is 5.96. The molecule has 3 N–H and O–H groups in total. The number of aryl methyl sites for hydroxylation is 1. The third kappa shape index (κ3) is 4.16. The molecule has 2 aromatic carbocycles. The van der Waals surface area contributed by atoms with E-state index in [9.17, 15) is 9.90 Å². The van der Waals surface area contributed by atoms with Crippen LogP contribution in [0.1, 0.15) is 29.3 Å². The van der Waals surface area contributed by atoms with Crippen molar-refractivity contribution in [1.82, 2.24) is 9.97 Å². The van der Waals surface area contributed by atoms with Crippen LogP contribution in [0.4, 0.5) is 23.1 Å². The number of aromatic nitrogens is 2. The molecule has 0 spiro atoms. The summed E-state index contributed by atoms with van der Waals surface area (Å²) in [7, 11) is 0. The summed E-state index contributed by atoms with van der Waals surface area (Å²) in [5.74, 6) is 1.28. The molecule has 0 radical (unpaired) electrons. The molecule has 0 bridgehead atoms. The number of benzene rings is 2. The van der Waals surface area contributed by atoms with Gasteiger partial charge in [0.15, 0.2) is 5.78 Å². The molecular weight excluding hydrogens is 328 g/mol. The Labute approximate surface area is 152 Å². The Morgan fingerprint density at radius 2 is 1.96 bits per heavy atom. The molecule has 132 valence electrons. The molecule has 3 aromatic rings. The maximum absolute atomic E-state index is 11.8. The topological polar surface area (TPSA) is 87.1 Å². The minimum atomic E-state index is 0.0874. The summed E-state index contributed by atoms with van der Waals surface area (Å²) >= 11 is 0. The van der Waals surface area contributed by atoms with Crippen molar-refractivity contribution in [2.75, 3.05) is 10.6 Å². The minimum Gasteiger partial charge on any atom is -0.508 e. The van der Waals surface area contributed by atoms with Gasteiger partial charge in [0.2, 0.25) is 5.95 Å². The van der Waals surface area contributed by atoms with Gasteiger partial charge in [-0.05, 0) is 36.8 Å². The average Bonchev–Trinajstić information content (AvgIpc) is 2.64. The Hall–Kier alpha value is -3.41. The second-order valence-electron chi connectivity index (χ2n) is 5.87. The number of Topliss-reactive ketones (excluding diaryl/α,β-unsaturated/α-hetero) is 1. The first-order valence-electron chi connectivity index (χ1n) is 8.35. The fraction of sp³-hybridized carbons (Fsp3) is 0.150. The van der Waals surface area contributed by atoms with Crippen molar-refractivity contribution in [3.05, 3.63) is 65.9 Å². The molecular formula is C20H20N4O2. The van der Waals surface area contributed by atoms with Gasteiger partial charge in [-0.25, -0.2) is 4.98 Å². The van der Waals surface area contributed by atoms with Gasteiger partial charge in [0.1, 0.15) is 11.6 Å². The van der Waals surface area contributed by atoms with Crippen molar-refractivity contribution < 1.29 is 9.90 Å². The van der Waals surface area contributed by atoms with Crippen molar-refractivity contribution >= 4 is 28.9 Å². The predicted molar refractivity (Wildman–Crippen MR) is 103 cm³/mol. The second kappa shape index (κ2) is 7.65. The number of nitrogens with zero attached hydrogens (tertiary/aromatic N) is 2. The number of nitrogens with one attached hydrogen (secondary N) is 2. The van der Waals surface area contributed by atoms with Crippen molar-refractivity contribution in [3.63, 3.8) is 0 Å². The van der Waals surface area contributed by atoms with E-state index in [4.69, 9.17) is 0 Å². The van der Waals surface area contributed by atoms with Crippen LogP contribution in [-0.4, -0.2) is 20.9 Å². The first kappa shape index (κ1) is 17.4. The van der Waals surface area contributed by atoms with Crippen LogP contribution in [0.25, 0.3) is 0 Å². The van der Waals surface area contributed by atoms with E-state index in [2.05, 4.69) is 20.6 Å². The highest BCUT2D eigenvalue weighted by Crippen LogP contribution is 2.24. The predicted octanol–water partition coefficient (Wildman–Crippen LogP) is 4.57. The Kier molecular flexibility index (Phi) is 5.12. The first-order chi connectivity index (χ1) is 12.5. The Bertz CT molecular complexity index is 941. The molecule has 0 aliphatic carbocycles. The third-order valence-electron chi connectivity index (χ3n) is 3.90. The first-order valence-corrected chi connectivity index (χ1v) is 8.35. The normalized spacial score (nSPS) is 10.4. The standard InChI is InChI=1S/C20H20N4O2/c1-3-18(26)14-5-4-6-15(11-14)22-20-21-10-9-19(24-20)23-17-12-16(25)8-7-13(17)2/h4-12,25H,3H2,1-2H3,(H2,21,22,23,24). The van der Waals surface area contributed by atoms with Gasteiger partial charge in [0.25, 0.3) is 0 Å². The molecule has 0 atom stereocenters. The van der Waals surface area contributed by atoms with Crippen molar-refractivity contribution in [1.29, 1.82) is 0 Å². The second-order valence-corrected chi connectivity index (χ2v) is 5.87. The van der Waals surface area contributed by atoms with E-state index in [0.717, 1.165) is 16.9 Å². The van der Waals surface area contributed by atoms with E-state index in [1.54, 1.807) is 36.5 Å². The number of rotatable bonds is 6. The number of hydrogen-bond donors (Lipinski definition) is 3. The molecule has 6 heteroatoms. The molecule has 6 nitrogen and oxygen atoms in total. The monoisotopic (exact) mass is 348 g/mol. The fourth-order valence-electron chi connectivity index (χ4n) is 2.47. The van der Waals surface area contributed by atoms with Crippen LogP contribution in [0.2, 0.25) is 0 Å². The number of ketones is 1. The van der Waals surface area contributed by atoms with Gasteiger partial charge in [-0.15, -0.1) is 0 Å². The molecule has 1 heterocycles. The summed E-state index contributed by atoms with van der Waals surface area (Å²) in [6.45, 7) is 3.78. The van der Waals surface area contributed by atoms with Gasteiger partial charge in [0, 0.05) is 35.6 Å². The Morgan fingerprint density at radius 3 is 2.77 bits per heavy atom. The molecule has 0 saturated carbocycles. The molecule has 0 amide bonds. The van der Waals surface area contributed by atoms with E-state index >= 15 is 0 Å². The number of phenols is 1. The lowest BCUT2D eigenvalue weighted by Gasteiger charge is -2.11. The molecule has 0 aliphatic heterocycles. The molecule has 1 aromatic heterocycles. The molecule has 3 rings (SSSR count). The zero-order chi connectivity index (χ0) is 18.5. The average molecular weight is 348 g/mol. The summed E-state index contributed by atoms with van der Waals surface area (Å²) in [5.41, 5.74) is 3.16. The summed E-state index contributed by atoms with van der Waals surface area (Å²) < 4.78 is 0. The van der Waals surface area contributed by atoms with Gasteiger partial charge < -0.3 is 15.7 Å². The van der Waals surface area contributed by atoms with Crippen LogP contribution in [0, 0.1) is 6.92 Å². The highest BCUT2D eigenvalue weighted by atomic mass is 16.3. The number of anilines is 4. The summed E-state index contributed by atoms with van der Waals surface area (Å²) in [5, 5.41) is 15.9. The SMILES string of the molecule is CCC(=O)c1cccc(Nc2nccc(Nc3cc(O)ccc3C)n2)c1. The summed E-state index contributed by atoms with van der Waals surface area (Å²) in [6, 6.07) is 14.1. The van der Waals surface area contributed by atoms with Gasteiger partial charge >= 0.3 is 0 Å². The van der Waals surface area contributed by atoms with Gasteiger partial charge in [-0.3, -0.25) is 4.79 Å². The van der Waals surface area contributed by atoms with Crippen molar-refractivity contribution in [2.24, 2.45) is 0 Å². The quantitative estimate of drug-likeness (QED) is 0.566. The largest absolute Gasteiger partial charge is 0.508 e. The molecule has 0 aliphatic rings. The van der Waals surface area contributed by atoms with Crippen molar-refractivity contribution in [2.45, 2.75) is 20.3 Å². The van der Waals surface area contributed by atoms with Gasteiger partial charge in [-0.2, -0.15) is 4.98 Å². The molecule has 0 saturated heterocycles. The summed E-state index contributed by atoms with van der Waals surface area (Å²) in [6.07, 6.45) is 2.10. The van der Waals surface area contributed by atoms with Crippen LogP contribution >= 0.6 is 0 Å². The Balaban J connectivity index is 1.79. The van der Waals surface area contributed by atoms with E-state index in [-0.39, 0.29) is 11.5 Å². The molecule has 26 heavy (non-hydrogen) atoms. The lowest BCUT2D eigenvalue weighted by atomic mass is 10.1. The smallest absolute Gasteiger partial charge is 0.229 e. The van der Waals surface area contributed by atoms with E-state index in [1.807, 2.05) is 32.0 Å². The summed E-state index contributed by atoms with van der Waals surface area (Å²) in [4.78, 5) is 20.5. The Morgan fingerprint density at radius 1 is 1.12 bits per heavy atom. The maximum atomic E-state index is 11.8. The lowest BCUT2D eigenvalue weighted by molar-refractivity contribution is 0.0988. The highest BCUT2D eigenvalue weighted by Gasteiger charge is 2.06. The van der Waals surface area contributed by atoms with E-state index < -0.39 is 0 Å².